The second-order valence-corrected chi connectivity index (χ2v) is 6.14. The van der Waals surface area contributed by atoms with Gasteiger partial charge in [0.15, 0.2) is 0 Å². The molecule has 0 aromatic carbocycles. The van der Waals surface area contributed by atoms with Crippen LogP contribution in [0.4, 0.5) is 0 Å². The molecular weight excluding hydrogens is 226 g/mol. The topological polar surface area (TPSA) is 36.6 Å². The highest BCUT2D eigenvalue weighted by Gasteiger charge is 2.34. The van der Waals surface area contributed by atoms with Crippen molar-refractivity contribution in [1.82, 2.24) is 4.90 Å². The monoisotopic (exact) mass is 251 g/mol. The zero-order valence-electron chi connectivity index (χ0n) is 11.6. The van der Waals surface area contributed by atoms with E-state index in [9.17, 15) is 5.11 Å². The molecule has 1 aromatic rings. The molecule has 0 saturated heterocycles. The van der Waals surface area contributed by atoms with E-state index in [1.54, 1.807) is 12.5 Å². The third-order valence-corrected chi connectivity index (χ3v) is 4.31. The van der Waals surface area contributed by atoms with Gasteiger partial charge in [-0.05, 0) is 31.9 Å². The number of nitrogens with zero attached hydrogens (tertiary/aromatic N) is 1. The van der Waals surface area contributed by atoms with Crippen molar-refractivity contribution in [2.75, 3.05) is 20.2 Å². The summed E-state index contributed by atoms with van der Waals surface area (Å²) < 4.78 is 5.09. The molecule has 0 spiro atoms. The fraction of sp³-hybridized carbons (Fsp3) is 0.733. The van der Waals surface area contributed by atoms with Gasteiger partial charge in [0.1, 0.15) is 0 Å². The highest BCUT2D eigenvalue weighted by molar-refractivity contribution is 5.05. The molecule has 2 rings (SSSR count). The van der Waals surface area contributed by atoms with E-state index in [0.29, 0.717) is 6.61 Å². The van der Waals surface area contributed by atoms with Crippen molar-refractivity contribution < 1.29 is 9.52 Å². The molecule has 1 heterocycles. The second kappa shape index (κ2) is 5.89. The molecule has 102 valence electrons. The highest BCUT2D eigenvalue weighted by atomic mass is 16.3. The summed E-state index contributed by atoms with van der Waals surface area (Å²) in [6.45, 7) is 4.50. The van der Waals surface area contributed by atoms with Crippen LogP contribution in [0.25, 0.3) is 0 Å². The Labute approximate surface area is 110 Å². The van der Waals surface area contributed by atoms with Crippen molar-refractivity contribution in [3.05, 3.63) is 24.2 Å². The molecule has 1 aliphatic carbocycles. The van der Waals surface area contributed by atoms with E-state index in [0.717, 1.165) is 31.8 Å². The predicted octanol–water partition coefficient (Wildman–Crippen LogP) is 2.90. The average Bonchev–Trinajstić information content (AvgIpc) is 2.85. The fourth-order valence-electron chi connectivity index (χ4n) is 3.06. The summed E-state index contributed by atoms with van der Waals surface area (Å²) >= 11 is 0. The van der Waals surface area contributed by atoms with Crippen LogP contribution in [-0.4, -0.2) is 30.2 Å². The molecule has 0 atom stereocenters. The molecule has 3 nitrogen and oxygen atoms in total. The summed E-state index contributed by atoms with van der Waals surface area (Å²) in [7, 11) is 2.13. The van der Waals surface area contributed by atoms with E-state index >= 15 is 0 Å². The van der Waals surface area contributed by atoms with Crippen molar-refractivity contribution in [2.45, 2.75) is 39.2 Å². The normalized spacial score (nSPS) is 28.8. The lowest BCUT2D eigenvalue weighted by molar-refractivity contribution is 0.0346. The first-order chi connectivity index (χ1) is 8.63. The lowest BCUT2D eigenvalue weighted by Crippen LogP contribution is -2.40. The summed E-state index contributed by atoms with van der Waals surface area (Å²) in [6, 6.07) is 2.01. The van der Waals surface area contributed by atoms with Crippen LogP contribution in [0.5, 0.6) is 0 Å². The quantitative estimate of drug-likeness (QED) is 0.874. The maximum Gasteiger partial charge on any atom is 0.0947 e. The Morgan fingerprint density at radius 2 is 2.17 bits per heavy atom. The van der Waals surface area contributed by atoms with Crippen molar-refractivity contribution in [3.63, 3.8) is 0 Å². The van der Waals surface area contributed by atoms with Gasteiger partial charge < -0.3 is 14.4 Å². The molecule has 0 aliphatic heterocycles. The molecule has 1 saturated carbocycles. The Morgan fingerprint density at radius 1 is 1.44 bits per heavy atom. The average molecular weight is 251 g/mol. The minimum Gasteiger partial charge on any atom is -0.472 e. The molecule has 0 radical (unpaired) electrons. The van der Waals surface area contributed by atoms with Crippen LogP contribution >= 0.6 is 0 Å². The number of hydrogen-bond acceptors (Lipinski definition) is 3. The zero-order valence-corrected chi connectivity index (χ0v) is 11.6. The van der Waals surface area contributed by atoms with Crippen LogP contribution < -0.4 is 0 Å². The lowest BCUT2D eigenvalue weighted by atomic mass is 9.71. The van der Waals surface area contributed by atoms with Gasteiger partial charge in [0.05, 0.1) is 12.5 Å². The highest BCUT2D eigenvalue weighted by Crippen LogP contribution is 2.39. The van der Waals surface area contributed by atoms with Gasteiger partial charge in [-0.25, -0.2) is 0 Å². The van der Waals surface area contributed by atoms with Crippen molar-refractivity contribution in [3.8, 4) is 0 Å². The maximum absolute atomic E-state index is 9.76. The molecule has 1 aromatic heterocycles. The minimum atomic E-state index is 0.116. The van der Waals surface area contributed by atoms with Gasteiger partial charge in [-0.15, -0.1) is 0 Å². The molecule has 18 heavy (non-hydrogen) atoms. The number of hydrogen-bond donors (Lipinski definition) is 1. The Bertz CT molecular complexity index is 339. The Morgan fingerprint density at radius 3 is 2.72 bits per heavy atom. The van der Waals surface area contributed by atoms with E-state index in [-0.39, 0.29) is 5.41 Å². The van der Waals surface area contributed by atoms with Crippen LogP contribution in [0.15, 0.2) is 23.0 Å². The molecule has 0 bridgehead atoms. The standard InChI is InChI=1S/C15H25NO2/c1-13-3-6-15(12-17,7-4-13)11-16(2)9-14-5-8-18-10-14/h5,8,10,13,17H,3-4,6-7,9,11-12H2,1-2H3. The molecule has 1 N–H and O–H groups in total. The first-order valence-corrected chi connectivity index (χ1v) is 6.94. The molecule has 0 unspecified atom stereocenters. The Kier molecular flexibility index (Phi) is 4.46. The molecule has 1 fully saturated rings. The first-order valence-electron chi connectivity index (χ1n) is 6.94. The van der Waals surface area contributed by atoms with E-state index in [1.807, 2.05) is 6.07 Å². The third kappa shape index (κ3) is 3.36. The van der Waals surface area contributed by atoms with Gasteiger partial charge >= 0.3 is 0 Å². The minimum absolute atomic E-state index is 0.116. The summed E-state index contributed by atoms with van der Waals surface area (Å²) in [5.41, 5.74) is 1.32. The van der Waals surface area contributed by atoms with E-state index in [4.69, 9.17) is 4.42 Å². The summed E-state index contributed by atoms with van der Waals surface area (Å²) in [4.78, 5) is 2.30. The number of aliphatic hydroxyl groups excluding tert-OH is 1. The largest absolute Gasteiger partial charge is 0.472 e. The lowest BCUT2D eigenvalue weighted by Gasteiger charge is -2.40. The van der Waals surface area contributed by atoms with Gasteiger partial charge in [0.2, 0.25) is 0 Å². The Hall–Kier alpha value is -0.800. The molecule has 0 amide bonds. The summed E-state index contributed by atoms with van der Waals surface area (Å²) in [5.74, 6) is 0.823. The van der Waals surface area contributed by atoms with E-state index < -0.39 is 0 Å². The van der Waals surface area contributed by atoms with Crippen LogP contribution in [0.3, 0.4) is 0 Å². The molecule has 3 heteroatoms. The Balaban J connectivity index is 1.89. The van der Waals surface area contributed by atoms with Crippen LogP contribution in [-0.2, 0) is 6.54 Å². The number of rotatable bonds is 5. The van der Waals surface area contributed by atoms with Crippen molar-refractivity contribution in [1.29, 1.82) is 0 Å². The van der Waals surface area contributed by atoms with Crippen LogP contribution in [0.1, 0.15) is 38.2 Å². The first kappa shape index (κ1) is 13.6. The second-order valence-electron chi connectivity index (χ2n) is 6.14. The van der Waals surface area contributed by atoms with Crippen LogP contribution in [0.2, 0.25) is 0 Å². The van der Waals surface area contributed by atoms with Gasteiger partial charge in [-0.3, -0.25) is 0 Å². The number of furan rings is 1. The summed E-state index contributed by atoms with van der Waals surface area (Å²) in [6.07, 6.45) is 8.32. The molecule has 1 aliphatic rings. The SMILES string of the molecule is CC1CCC(CO)(CN(C)Cc2ccoc2)CC1. The van der Waals surface area contributed by atoms with Crippen molar-refractivity contribution in [2.24, 2.45) is 11.3 Å². The van der Waals surface area contributed by atoms with Crippen LogP contribution in [0, 0.1) is 11.3 Å². The maximum atomic E-state index is 9.76. The molecular formula is C15H25NO2. The van der Waals surface area contributed by atoms with E-state index in [1.165, 1.54) is 18.4 Å². The van der Waals surface area contributed by atoms with Gasteiger partial charge in [0.25, 0.3) is 0 Å². The number of aliphatic hydroxyl groups is 1. The zero-order chi connectivity index (χ0) is 13.0. The fourth-order valence-corrected chi connectivity index (χ4v) is 3.06. The van der Waals surface area contributed by atoms with Gasteiger partial charge in [-0.2, -0.15) is 0 Å². The van der Waals surface area contributed by atoms with Gasteiger partial charge in [-0.1, -0.05) is 19.8 Å². The van der Waals surface area contributed by atoms with E-state index in [2.05, 4.69) is 18.9 Å². The predicted molar refractivity (Wildman–Crippen MR) is 72.2 cm³/mol. The van der Waals surface area contributed by atoms with Gasteiger partial charge in [0, 0.05) is 30.7 Å². The van der Waals surface area contributed by atoms with Crippen molar-refractivity contribution >= 4 is 0 Å². The smallest absolute Gasteiger partial charge is 0.0947 e. The summed E-state index contributed by atoms with van der Waals surface area (Å²) in [5, 5.41) is 9.76. The third-order valence-electron chi connectivity index (χ3n) is 4.31.